The maximum atomic E-state index is 13.9. The first-order chi connectivity index (χ1) is 19.1. The SMILES string of the molecule is O=C(NC(c1cn2ncc(CN3C[C@@H](C(F)(F)F)NC3=O)cc2n1)C1CCC(F)(F)CC1)c1conc1C(F)(F)F. The Balaban J connectivity index is 1.40. The van der Waals surface area contributed by atoms with Crippen LogP contribution >= 0.6 is 0 Å². The van der Waals surface area contributed by atoms with Gasteiger partial charge in [-0.3, -0.25) is 4.79 Å². The van der Waals surface area contributed by atoms with E-state index in [-0.39, 0.29) is 30.7 Å². The van der Waals surface area contributed by atoms with Gasteiger partial charge in [-0.2, -0.15) is 31.4 Å². The van der Waals surface area contributed by atoms with Crippen molar-refractivity contribution in [3.05, 3.63) is 47.2 Å². The molecule has 2 aliphatic rings. The topological polar surface area (TPSA) is 118 Å². The number of fused-ring (bicyclic) bond motifs is 1. The lowest BCUT2D eigenvalue weighted by Crippen LogP contribution is -2.40. The fraction of sp³-hybridized carbons (Fsp3) is 0.522. The summed E-state index contributed by atoms with van der Waals surface area (Å²) in [5, 5.41) is 11.3. The quantitative estimate of drug-likeness (QED) is 0.406. The van der Waals surface area contributed by atoms with Crippen LogP contribution in [-0.2, 0) is 12.7 Å². The normalized spacial score (nSPS) is 20.8. The molecule has 2 N–H and O–H groups in total. The Morgan fingerprint density at radius 1 is 1.20 bits per heavy atom. The largest absolute Gasteiger partial charge is 0.437 e. The number of alkyl halides is 8. The Labute approximate surface area is 225 Å². The van der Waals surface area contributed by atoms with E-state index >= 15 is 0 Å². The zero-order valence-electron chi connectivity index (χ0n) is 20.8. The lowest BCUT2D eigenvalue weighted by atomic mass is 9.81. The number of imidazole rings is 1. The summed E-state index contributed by atoms with van der Waals surface area (Å²) < 4.78 is 112. The van der Waals surface area contributed by atoms with Gasteiger partial charge in [0.2, 0.25) is 5.92 Å². The van der Waals surface area contributed by atoms with Crippen LogP contribution < -0.4 is 10.6 Å². The van der Waals surface area contributed by atoms with Crippen LogP contribution in [0.1, 0.15) is 59.0 Å². The minimum atomic E-state index is -4.99. The number of carbonyl (C=O) groups excluding carboxylic acids is 2. The number of carbonyl (C=O) groups is 2. The van der Waals surface area contributed by atoms with E-state index in [1.165, 1.54) is 23.0 Å². The predicted octanol–water partition coefficient (Wildman–Crippen LogP) is 4.49. The van der Waals surface area contributed by atoms with Crippen LogP contribution in [0, 0.1) is 5.92 Å². The summed E-state index contributed by atoms with van der Waals surface area (Å²) in [6.45, 7) is -0.841. The molecule has 18 heteroatoms. The third-order valence-corrected chi connectivity index (χ3v) is 7.07. The molecule has 1 unspecified atom stereocenters. The molecule has 1 saturated heterocycles. The monoisotopic (exact) mass is 595 g/mol. The van der Waals surface area contributed by atoms with E-state index in [2.05, 4.69) is 25.1 Å². The van der Waals surface area contributed by atoms with Crippen LogP contribution in [0.4, 0.5) is 39.9 Å². The standard InChI is InChI=1S/C23H21F8N7O3/c24-21(25)3-1-12(2-4-21)17(35-19(39)13-10-41-36-18(13)23(29,30)31)14-8-38-16(33-14)5-11(6-32-38)7-37-9-15(22(26,27)28)34-20(37)40/h5-6,8,10,12,15,17H,1-4,7,9H2,(H,34,40)(H,35,39)/t15-,17?/m0/s1. The average Bonchev–Trinajstić information content (AvgIpc) is 3.60. The molecule has 5 rings (SSSR count). The molecule has 0 bridgehead atoms. The van der Waals surface area contributed by atoms with Crippen LogP contribution in [0.3, 0.4) is 0 Å². The zero-order chi connectivity index (χ0) is 29.7. The van der Waals surface area contributed by atoms with Crippen molar-refractivity contribution in [2.45, 2.75) is 62.6 Å². The van der Waals surface area contributed by atoms with E-state index in [1.54, 1.807) is 0 Å². The van der Waals surface area contributed by atoms with Gasteiger partial charge >= 0.3 is 18.4 Å². The molecule has 10 nitrogen and oxygen atoms in total. The number of nitrogens with one attached hydrogen (secondary N) is 2. The smallest absolute Gasteiger partial charge is 0.363 e. The summed E-state index contributed by atoms with van der Waals surface area (Å²) in [5.41, 5.74) is -1.87. The minimum Gasteiger partial charge on any atom is -0.363 e. The average molecular weight is 595 g/mol. The van der Waals surface area contributed by atoms with E-state index in [0.717, 1.165) is 4.90 Å². The van der Waals surface area contributed by atoms with Gasteiger partial charge in [0.25, 0.3) is 5.91 Å². The van der Waals surface area contributed by atoms with Crippen LogP contribution in [0.25, 0.3) is 5.65 Å². The number of hydrogen-bond acceptors (Lipinski definition) is 6. The van der Waals surface area contributed by atoms with Gasteiger partial charge in [-0.25, -0.2) is 23.1 Å². The van der Waals surface area contributed by atoms with Crippen molar-refractivity contribution in [1.82, 2.24) is 35.3 Å². The molecular formula is C23H21F8N7O3. The minimum absolute atomic E-state index is 0.0648. The number of halogens is 8. The molecule has 3 aromatic rings. The van der Waals surface area contributed by atoms with E-state index in [0.29, 0.717) is 11.8 Å². The number of hydrogen-bond donors (Lipinski definition) is 2. The third-order valence-electron chi connectivity index (χ3n) is 7.07. The highest BCUT2D eigenvalue weighted by Gasteiger charge is 2.47. The fourth-order valence-corrected chi connectivity index (χ4v) is 4.95. The van der Waals surface area contributed by atoms with Gasteiger partial charge in [0, 0.05) is 19.4 Å². The molecule has 222 valence electrons. The van der Waals surface area contributed by atoms with Crippen LogP contribution in [0.2, 0.25) is 0 Å². The van der Waals surface area contributed by atoms with Crippen molar-refractivity contribution < 1.29 is 49.2 Å². The first-order valence-electron chi connectivity index (χ1n) is 12.3. The molecule has 3 aromatic heterocycles. The fourth-order valence-electron chi connectivity index (χ4n) is 4.95. The third kappa shape index (κ3) is 6.04. The van der Waals surface area contributed by atoms with E-state index in [4.69, 9.17) is 0 Å². The van der Waals surface area contributed by atoms with Crippen LogP contribution in [-0.4, -0.2) is 61.3 Å². The van der Waals surface area contributed by atoms with E-state index in [1.807, 2.05) is 5.32 Å². The molecule has 2 atom stereocenters. The summed E-state index contributed by atoms with van der Waals surface area (Å²) in [4.78, 5) is 30.2. The Bertz CT molecular complexity index is 1440. The Morgan fingerprint density at radius 3 is 2.54 bits per heavy atom. The van der Waals surface area contributed by atoms with E-state index in [9.17, 15) is 44.7 Å². The summed E-state index contributed by atoms with van der Waals surface area (Å²) in [5.74, 6) is -4.75. The number of amides is 3. The molecule has 3 amide bonds. The molecular weight excluding hydrogens is 574 g/mol. The zero-order valence-corrected chi connectivity index (χ0v) is 20.8. The molecule has 1 aliphatic carbocycles. The second-order valence-corrected chi connectivity index (χ2v) is 9.98. The van der Waals surface area contributed by atoms with Crippen molar-refractivity contribution >= 4 is 17.6 Å². The molecule has 1 saturated carbocycles. The van der Waals surface area contributed by atoms with Crippen molar-refractivity contribution in [2.24, 2.45) is 5.92 Å². The lowest BCUT2D eigenvalue weighted by molar-refractivity contribution is -0.150. The van der Waals surface area contributed by atoms with Gasteiger partial charge in [0.05, 0.1) is 30.7 Å². The number of urea groups is 1. The highest BCUT2D eigenvalue weighted by Crippen LogP contribution is 2.41. The summed E-state index contributed by atoms with van der Waals surface area (Å²) >= 11 is 0. The van der Waals surface area contributed by atoms with E-state index < -0.39 is 78.9 Å². The van der Waals surface area contributed by atoms with Crippen molar-refractivity contribution in [2.75, 3.05) is 6.54 Å². The molecule has 0 radical (unpaired) electrons. The number of aromatic nitrogens is 4. The second kappa shape index (κ2) is 10.1. The van der Waals surface area contributed by atoms with Gasteiger partial charge in [-0.1, -0.05) is 5.16 Å². The summed E-state index contributed by atoms with van der Waals surface area (Å²) in [6, 6.07) is -2.61. The van der Waals surface area contributed by atoms with Crippen LogP contribution in [0.5, 0.6) is 0 Å². The van der Waals surface area contributed by atoms with Gasteiger partial charge in [-0.15, -0.1) is 0 Å². The second-order valence-electron chi connectivity index (χ2n) is 9.98. The van der Waals surface area contributed by atoms with Gasteiger partial charge in [0.15, 0.2) is 11.3 Å². The molecule has 1 aliphatic heterocycles. The highest BCUT2D eigenvalue weighted by molar-refractivity contribution is 5.95. The maximum absolute atomic E-state index is 13.9. The molecule has 41 heavy (non-hydrogen) atoms. The van der Waals surface area contributed by atoms with Gasteiger partial charge in [0.1, 0.15) is 17.9 Å². The number of rotatable bonds is 6. The predicted molar refractivity (Wildman–Crippen MR) is 120 cm³/mol. The Hall–Kier alpha value is -3.99. The molecule has 0 spiro atoms. The summed E-state index contributed by atoms with van der Waals surface area (Å²) in [7, 11) is 0. The lowest BCUT2D eigenvalue weighted by Gasteiger charge is -2.33. The van der Waals surface area contributed by atoms with Crippen molar-refractivity contribution in [1.29, 1.82) is 0 Å². The first kappa shape index (κ1) is 28.5. The number of nitrogens with zero attached hydrogens (tertiary/aromatic N) is 5. The maximum Gasteiger partial charge on any atom is 0.437 e. The Morgan fingerprint density at radius 2 is 1.90 bits per heavy atom. The molecule has 0 aromatic carbocycles. The highest BCUT2D eigenvalue weighted by atomic mass is 19.4. The first-order valence-corrected chi connectivity index (χ1v) is 12.3. The molecule has 4 heterocycles. The van der Waals surface area contributed by atoms with Crippen molar-refractivity contribution in [3.8, 4) is 0 Å². The van der Waals surface area contributed by atoms with Crippen LogP contribution in [0.15, 0.2) is 29.2 Å². The van der Waals surface area contributed by atoms with Crippen molar-refractivity contribution in [3.63, 3.8) is 0 Å². The summed E-state index contributed by atoms with van der Waals surface area (Å²) in [6.07, 6.45) is -7.58. The van der Waals surface area contributed by atoms with Gasteiger partial charge < -0.3 is 20.1 Å². The van der Waals surface area contributed by atoms with Gasteiger partial charge in [-0.05, 0) is 30.4 Å². The Kier molecular flexibility index (Phi) is 7.05. The molecule has 2 fully saturated rings.